The van der Waals surface area contributed by atoms with Gasteiger partial charge >= 0.3 is 0 Å². The number of carbonyl (C=O) groups excluding carboxylic acids is 1. The first-order valence-electron chi connectivity index (χ1n) is 9.63. The number of benzene rings is 2. The Kier molecular flexibility index (Phi) is 5.63. The van der Waals surface area contributed by atoms with Gasteiger partial charge in [-0.3, -0.25) is 4.79 Å². The van der Waals surface area contributed by atoms with E-state index >= 15 is 0 Å². The molecule has 0 aliphatic rings. The van der Waals surface area contributed by atoms with Crippen LogP contribution in [0.5, 0.6) is 0 Å². The van der Waals surface area contributed by atoms with Crippen molar-refractivity contribution in [2.75, 3.05) is 24.3 Å². The molecule has 1 amide bonds. The van der Waals surface area contributed by atoms with Gasteiger partial charge in [-0.2, -0.15) is 5.10 Å². The normalized spacial score (nSPS) is 10.8. The Morgan fingerprint density at radius 1 is 1.07 bits per heavy atom. The van der Waals surface area contributed by atoms with Gasteiger partial charge in [0.05, 0.1) is 18.4 Å². The second-order valence-corrected chi connectivity index (χ2v) is 8.19. The summed E-state index contributed by atoms with van der Waals surface area (Å²) in [4.78, 5) is 20.2. The van der Waals surface area contributed by atoms with E-state index in [0.29, 0.717) is 17.2 Å². The molecule has 4 aromatic rings. The number of hydrogen-bond acceptors (Lipinski definition) is 5. The van der Waals surface area contributed by atoms with Gasteiger partial charge in [0.25, 0.3) is 5.91 Å². The molecule has 4 rings (SSSR count). The average Bonchev–Trinajstić information content (AvgIpc) is 3.35. The molecule has 0 aliphatic heterocycles. The second kappa shape index (κ2) is 8.51. The predicted molar refractivity (Wildman–Crippen MR) is 122 cm³/mol. The summed E-state index contributed by atoms with van der Waals surface area (Å²) >= 11 is 1.40. The summed E-state index contributed by atoms with van der Waals surface area (Å²) in [5.74, 6) is 0.489. The van der Waals surface area contributed by atoms with E-state index in [1.165, 1.54) is 11.3 Å². The van der Waals surface area contributed by atoms with Crippen LogP contribution in [-0.2, 0) is 6.54 Å². The number of carbonyl (C=O) groups is 1. The summed E-state index contributed by atoms with van der Waals surface area (Å²) in [5, 5.41) is 8.20. The predicted octanol–water partition coefficient (Wildman–Crippen LogP) is 4.68. The van der Waals surface area contributed by atoms with E-state index in [1.807, 2.05) is 51.4 Å². The first kappa shape index (κ1) is 19.8. The Balaban J connectivity index is 1.50. The molecule has 0 radical (unpaired) electrons. The zero-order valence-electron chi connectivity index (χ0n) is 17.2. The third kappa shape index (κ3) is 4.26. The fraction of sp³-hybridized carbons (Fsp3) is 0.174. The lowest BCUT2D eigenvalue weighted by molar-refractivity contribution is 0.102. The van der Waals surface area contributed by atoms with Crippen LogP contribution in [0.2, 0.25) is 0 Å². The minimum atomic E-state index is -0.170. The SMILES string of the molecule is Cc1nc(-c2ccccc2)sc1C(=O)Nc1ccnn1Cc1ccc(N(C)C)cc1. The number of anilines is 2. The van der Waals surface area contributed by atoms with Crippen molar-refractivity contribution >= 4 is 28.7 Å². The Bertz CT molecular complexity index is 1150. The number of thiazole rings is 1. The zero-order chi connectivity index (χ0) is 21.1. The first-order valence-corrected chi connectivity index (χ1v) is 10.4. The van der Waals surface area contributed by atoms with Crippen molar-refractivity contribution in [3.63, 3.8) is 0 Å². The van der Waals surface area contributed by atoms with Crippen molar-refractivity contribution in [2.45, 2.75) is 13.5 Å². The summed E-state index contributed by atoms with van der Waals surface area (Å²) < 4.78 is 1.79. The van der Waals surface area contributed by atoms with Gasteiger partial charge in [-0.25, -0.2) is 9.67 Å². The molecule has 0 fully saturated rings. The van der Waals surface area contributed by atoms with Gasteiger partial charge in [0.1, 0.15) is 15.7 Å². The summed E-state index contributed by atoms with van der Waals surface area (Å²) in [6, 6.07) is 20.0. The molecule has 0 unspecified atom stereocenters. The summed E-state index contributed by atoms with van der Waals surface area (Å²) in [5.41, 5.74) is 3.99. The minimum Gasteiger partial charge on any atom is -0.378 e. The van der Waals surface area contributed by atoms with E-state index < -0.39 is 0 Å². The average molecular weight is 418 g/mol. The van der Waals surface area contributed by atoms with E-state index in [1.54, 1.807) is 16.9 Å². The maximum atomic E-state index is 12.9. The van der Waals surface area contributed by atoms with Gasteiger partial charge < -0.3 is 10.2 Å². The molecule has 0 saturated carbocycles. The highest BCUT2D eigenvalue weighted by Gasteiger charge is 2.18. The largest absolute Gasteiger partial charge is 0.378 e. The summed E-state index contributed by atoms with van der Waals surface area (Å²) in [7, 11) is 4.03. The second-order valence-electron chi connectivity index (χ2n) is 7.19. The smallest absolute Gasteiger partial charge is 0.268 e. The van der Waals surface area contributed by atoms with Crippen LogP contribution in [0.3, 0.4) is 0 Å². The maximum absolute atomic E-state index is 12.9. The van der Waals surface area contributed by atoms with Crippen LogP contribution >= 0.6 is 11.3 Å². The highest BCUT2D eigenvalue weighted by molar-refractivity contribution is 7.17. The van der Waals surface area contributed by atoms with Crippen LogP contribution in [0.1, 0.15) is 20.9 Å². The number of aromatic nitrogens is 3. The summed E-state index contributed by atoms with van der Waals surface area (Å²) in [6.45, 7) is 2.44. The molecule has 2 heterocycles. The molecular formula is C23H23N5OS. The Hall–Kier alpha value is -3.45. The lowest BCUT2D eigenvalue weighted by atomic mass is 10.2. The van der Waals surface area contributed by atoms with Crippen molar-refractivity contribution in [3.05, 3.63) is 83.0 Å². The van der Waals surface area contributed by atoms with Gasteiger partial charge in [-0.05, 0) is 24.6 Å². The summed E-state index contributed by atoms with van der Waals surface area (Å²) in [6.07, 6.45) is 1.69. The number of amides is 1. The van der Waals surface area contributed by atoms with Crippen LogP contribution in [0.15, 0.2) is 66.9 Å². The van der Waals surface area contributed by atoms with Crippen LogP contribution in [0.4, 0.5) is 11.5 Å². The number of aryl methyl sites for hydroxylation is 1. The highest BCUT2D eigenvalue weighted by Crippen LogP contribution is 2.28. The van der Waals surface area contributed by atoms with Gasteiger partial charge in [-0.15, -0.1) is 11.3 Å². The number of hydrogen-bond donors (Lipinski definition) is 1. The van der Waals surface area contributed by atoms with Gasteiger partial charge in [0.15, 0.2) is 0 Å². The fourth-order valence-corrected chi connectivity index (χ4v) is 4.09. The lowest BCUT2D eigenvalue weighted by Crippen LogP contribution is -2.16. The molecule has 0 atom stereocenters. The number of nitrogens with one attached hydrogen (secondary N) is 1. The molecule has 1 N–H and O–H groups in total. The fourth-order valence-electron chi connectivity index (χ4n) is 3.12. The minimum absolute atomic E-state index is 0.170. The zero-order valence-corrected chi connectivity index (χ0v) is 18.0. The van der Waals surface area contributed by atoms with Crippen molar-refractivity contribution < 1.29 is 4.79 Å². The van der Waals surface area contributed by atoms with Crippen LogP contribution in [0.25, 0.3) is 10.6 Å². The van der Waals surface area contributed by atoms with Crippen molar-refractivity contribution in [3.8, 4) is 10.6 Å². The van der Waals surface area contributed by atoms with Gasteiger partial charge in [0.2, 0.25) is 0 Å². The number of nitrogens with zero attached hydrogens (tertiary/aromatic N) is 4. The number of rotatable bonds is 6. The molecule has 152 valence electrons. The van der Waals surface area contributed by atoms with E-state index in [9.17, 15) is 4.79 Å². The molecule has 0 bridgehead atoms. The van der Waals surface area contributed by atoms with Gasteiger partial charge in [0, 0.05) is 31.4 Å². The van der Waals surface area contributed by atoms with Gasteiger partial charge in [-0.1, -0.05) is 42.5 Å². The Morgan fingerprint density at radius 2 is 1.80 bits per heavy atom. The first-order chi connectivity index (χ1) is 14.5. The van der Waals surface area contributed by atoms with Crippen molar-refractivity contribution in [1.82, 2.24) is 14.8 Å². The molecule has 0 spiro atoms. The monoisotopic (exact) mass is 417 g/mol. The molecule has 0 saturated heterocycles. The molecule has 7 heteroatoms. The van der Waals surface area contributed by atoms with E-state index in [-0.39, 0.29) is 5.91 Å². The van der Waals surface area contributed by atoms with E-state index in [2.05, 4.69) is 44.6 Å². The quantitative estimate of drug-likeness (QED) is 0.495. The van der Waals surface area contributed by atoms with Crippen molar-refractivity contribution in [1.29, 1.82) is 0 Å². The lowest BCUT2D eigenvalue weighted by Gasteiger charge is -2.13. The van der Waals surface area contributed by atoms with Crippen LogP contribution in [-0.4, -0.2) is 34.8 Å². The maximum Gasteiger partial charge on any atom is 0.268 e. The topological polar surface area (TPSA) is 63.1 Å². The third-order valence-corrected chi connectivity index (χ3v) is 5.97. The molecular weight excluding hydrogens is 394 g/mol. The van der Waals surface area contributed by atoms with Crippen LogP contribution < -0.4 is 10.2 Å². The standard InChI is InChI=1S/C23H23N5OS/c1-16-21(30-23(25-16)18-7-5-4-6-8-18)22(29)26-20-13-14-24-28(20)15-17-9-11-19(12-10-17)27(2)3/h4-14H,15H2,1-3H3,(H,26,29). The highest BCUT2D eigenvalue weighted by atomic mass is 32.1. The van der Waals surface area contributed by atoms with E-state index in [0.717, 1.165) is 27.5 Å². The molecule has 0 aliphatic carbocycles. The van der Waals surface area contributed by atoms with Crippen LogP contribution in [0, 0.1) is 6.92 Å². The third-order valence-electron chi connectivity index (χ3n) is 4.77. The molecule has 2 aromatic heterocycles. The molecule has 6 nitrogen and oxygen atoms in total. The Morgan fingerprint density at radius 3 is 2.50 bits per heavy atom. The molecule has 2 aromatic carbocycles. The van der Waals surface area contributed by atoms with Crippen molar-refractivity contribution in [2.24, 2.45) is 0 Å². The van der Waals surface area contributed by atoms with E-state index in [4.69, 9.17) is 0 Å². The Labute approximate surface area is 179 Å². The molecule has 30 heavy (non-hydrogen) atoms.